The van der Waals surface area contributed by atoms with Crippen molar-refractivity contribution in [3.05, 3.63) is 48.0 Å². The van der Waals surface area contributed by atoms with E-state index in [2.05, 4.69) is 5.32 Å². The summed E-state index contributed by atoms with van der Waals surface area (Å²) >= 11 is 0. The van der Waals surface area contributed by atoms with Crippen molar-refractivity contribution in [2.24, 2.45) is 11.7 Å². The van der Waals surface area contributed by atoms with Gasteiger partial charge in [-0.1, -0.05) is 55.3 Å². The molecule has 2 amide bonds. The SMILES string of the molecule is NC(=O)[C@@H](CC1CC1)NC(=O)Cc1ccc2ccccc2c1. The Morgan fingerprint density at radius 1 is 1.14 bits per heavy atom. The number of fused-ring (bicyclic) bond motifs is 1. The van der Waals surface area contributed by atoms with Gasteiger partial charge in [0.2, 0.25) is 11.8 Å². The van der Waals surface area contributed by atoms with E-state index in [1.54, 1.807) is 0 Å². The summed E-state index contributed by atoms with van der Waals surface area (Å²) in [6.45, 7) is 0. The lowest BCUT2D eigenvalue weighted by Gasteiger charge is -2.15. The second-order valence-electron chi connectivity index (χ2n) is 6.06. The van der Waals surface area contributed by atoms with Crippen LogP contribution >= 0.6 is 0 Å². The molecule has 2 aromatic rings. The summed E-state index contributed by atoms with van der Waals surface area (Å²) < 4.78 is 0. The Hall–Kier alpha value is -2.36. The lowest BCUT2D eigenvalue weighted by molar-refractivity contribution is -0.127. The van der Waals surface area contributed by atoms with Gasteiger partial charge >= 0.3 is 0 Å². The maximum absolute atomic E-state index is 12.1. The summed E-state index contributed by atoms with van der Waals surface area (Å²) in [5, 5.41) is 5.03. The van der Waals surface area contributed by atoms with Gasteiger partial charge in [-0.15, -0.1) is 0 Å². The van der Waals surface area contributed by atoms with E-state index < -0.39 is 11.9 Å². The van der Waals surface area contributed by atoms with Crippen LogP contribution in [0, 0.1) is 5.92 Å². The van der Waals surface area contributed by atoms with Crippen LogP contribution in [0.1, 0.15) is 24.8 Å². The van der Waals surface area contributed by atoms with Crippen LogP contribution in [-0.4, -0.2) is 17.9 Å². The third-order valence-electron chi connectivity index (χ3n) is 4.12. The Kier molecular flexibility index (Phi) is 4.09. The second kappa shape index (κ2) is 6.18. The van der Waals surface area contributed by atoms with Crippen molar-refractivity contribution in [2.75, 3.05) is 0 Å². The smallest absolute Gasteiger partial charge is 0.240 e. The highest BCUT2D eigenvalue weighted by Gasteiger charge is 2.29. The molecule has 114 valence electrons. The normalized spacial score (nSPS) is 15.5. The number of benzene rings is 2. The molecule has 0 saturated heterocycles. The van der Waals surface area contributed by atoms with Gasteiger partial charge in [0, 0.05) is 0 Å². The van der Waals surface area contributed by atoms with Crippen LogP contribution in [0.5, 0.6) is 0 Å². The van der Waals surface area contributed by atoms with Crippen molar-refractivity contribution in [1.29, 1.82) is 0 Å². The molecule has 0 bridgehead atoms. The van der Waals surface area contributed by atoms with Gasteiger partial charge in [-0.25, -0.2) is 0 Å². The minimum atomic E-state index is -0.541. The maximum atomic E-state index is 12.1. The molecule has 0 aromatic heterocycles. The molecule has 1 aliphatic rings. The zero-order chi connectivity index (χ0) is 15.5. The van der Waals surface area contributed by atoms with E-state index in [9.17, 15) is 9.59 Å². The van der Waals surface area contributed by atoms with Crippen molar-refractivity contribution in [1.82, 2.24) is 5.32 Å². The van der Waals surface area contributed by atoms with E-state index in [-0.39, 0.29) is 12.3 Å². The van der Waals surface area contributed by atoms with Crippen LogP contribution in [-0.2, 0) is 16.0 Å². The Morgan fingerprint density at radius 3 is 2.55 bits per heavy atom. The molecule has 4 heteroatoms. The van der Waals surface area contributed by atoms with Gasteiger partial charge < -0.3 is 11.1 Å². The number of carbonyl (C=O) groups excluding carboxylic acids is 2. The predicted molar refractivity (Wildman–Crippen MR) is 86.1 cm³/mol. The van der Waals surface area contributed by atoms with Gasteiger partial charge in [-0.05, 0) is 28.7 Å². The summed E-state index contributed by atoms with van der Waals surface area (Å²) in [5.41, 5.74) is 6.31. The summed E-state index contributed by atoms with van der Waals surface area (Å²) in [4.78, 5) is 23.6. The number of hydrogen-bond acceptors (Lipinski definition) is 2. The van der Waals surface area contributed by atoms with Crippen LogP contribution in [0.3, 0.4) is 0 Å². The predicted octanol–water partition coefficient (Wildman–Crippen LogP) is 2.15. The summed E-state index contributed by atoms with van der Waals surface area (Å²) in [7, 11) is 0. The van der Waals surface area contributed by atoms with Gasteiger partial charge in [0.05, 0.1) is 6.42 Å². The van der Waals surface area contributed by atoms with E-state index >= 15 is 0 Å². The highest BCUT2D eigenvalue weighted by Crippen LogP contribution is 2.33. The highest BCUT2D eigenvalue weighted by atomic mass is 16.2. The molecule has 1 saturated carbocycles. The Bertz CT molecular complexity index is 707. The maximum Gasteiger partial charge on any atom is 0.240 e. The molecule has 1 aliphatic carbocycles. The fourth-order valence-corrected chi connectivity index (χ4v) is 2.71. The highest BCUT2D eigenvalue weighted by molar-refractivity contribution is 5.89. The molecule has 2 aromatic carbocycles. The van der Waals surface area contributed by atoms with E-state index in [1.807, 2.05) is 42.5 Å². The zero-order valence-electron chi connectivity index (χ0n) is 12.4. The van der Waals surface area contributed by atoms with Crippen molar-refractivity contribution >= 4 is 22.6 Å². The van der Waals surface area contributed by atoms with E-state index in [0.717, 1.165) is 29.2 Å². The van der Waals surface area contributed by atoms with Crippen LogP contribution in [0.25, 0.3) is 10.8 Å². The van der Waals surface area contributed by atoms with Gasteiger partial charge in [0.25, 0.3) is 0 Å². The first-order valence-corrected chi connectivity index (χ1v) is 7.68. The molecule has 0 spiro atoms. The average Bonchev–Trinajstić information content (AvgIpc) is 3.30. The standard InChI is InChI=1S/C18H20N2O2/c19-18(22)16(10-12-5-6-12)20-17(21)11-13-7-8-14-3-1-2-4-15(14)9-13/h1-4,7-9,12,16H,5-6,10-11H2,(H2,19,22)(H,20,21)/t16-/m1/s1. The van der Waals surface area contributed by atoms with E-state index in [0.29, 0.717) is 12.3 Å². The first kappa shape index (κ1) is 14.6. The van der Waals surface area contributed by atoms with Crippen LogP contribution in [0.15, 0.2) is 42.5 Å². The first-order valence-electron chi connectivity index (χ1n) is 7.68. The molecule has 0 heterocycles. The number of rotatable bonds is 6. The average molecular weight is 296 g/mol. The topological polar surface area (TPSA) is 72.2 Å². The molecule has 0 unspecified atom stereocenters. The van der Waals surface area contributed by atoms with Gasteiger partial charge in [0.1, 0.15) is 6.04 Å². The largest absolute Gasteiger partial charge is 0.368 e. The fraction of sp³-hybridized carbons (Fsp3) is 0.333. The van der Waals surface area contributed by atoms with E-state index in [4.69, 9.17) is 5.73 Å². The minimum Gasteiger partial charge on any atom is -0.368 e. The molecular weight excluding hydrogens is 276 g/mol. The number of nitrogens with two attached hydrogens (primary N) is 1. The quantitative estimate of drug-likeness (QED) is 0.857. The lowest BCUT2D eigenvalue weighted by atomic mass is 10.0. The Labute approximate surface area is 129 Å². The molecule has 0 radical (unpaired) electrons. The fourth-order valence-electron chi connectivity index (χ4n) is 2.71. The van der Waals surface area contributed by atoms with Gasteiger partial charge in [-0.2, -0.15) is 0 Å². The molecule has 0 aliphatic heterocycles. The molecule has 1 atom stereocenters. The number of nitrogens with one attached hydrogen (secondary N) is 1. The van der Waals surface area contributed by atoms with Gasteiger partial charge in [0.15, 0.2) is 0 Å². The summed E-state index contributed by atoms with van der Waals surface area (Å²) in [6.07, 6.45) is 3.19. The minimum absolute atomic E-state index is 0.153. The van der Waals surface area contributed by atoms with Crippen LogP contribution < -0.4 is 11.1 Å². The lowest BCUT2D eigenvalue weighted by Crippen LogP contribution is -2.45. The zero-order valence-corrected chi connectivity index (χ0v) is 12.4. The van der Waals surface area contributed by atoms with Crippen molar-refractivity contribution < 1.29 is 9.59 Å². The summed E-state index contributed by atoms with van der Waals surface area (Å²) in [5.74, 6) is -0.0584. The molecule has 22 heavy (non-hydrogen) atoms. The number of amides is 2. The van der Waals surface area contributed by atoms with Gasteiger partial charge in [-0.3, -0.25) is 9.59 Å². The van der Waals surface area contributed by atoms with E-state index in [1.165, 1.54) is 0 Å². The van der Waals surface area contributed by atoms with Crippen molar-refractivity contribution in [3.8, 4) is 0 Å². The number of carbonyl (C=O) groups is 2. The third kappa shape index (κ3) is 3.64. The van der Waals surface area contributed by atoms with Crippen LogP contribution in [0.2, 0.25) is 0 Å². The summed E-state index contributed by atoms with van der Waals surface area (Å²) in [6, 6.07) is 13.5. The second-order valence-corrected chi connectivity index (χ2v) is 6.06. The van der Waals surface area contributed by atoms with Crippen molar-refractivity contribution in [2.45, 2.75) is 31.7 Å². The number of hydrogen-bond donors (Lipinski definition) is 2. The Morgan fingerprint density at radius 2 is 1.86 bits per heavy atom. The molecule has 3 rings (SSSR count). The molecule has 3 N–H and O–H groups in total. The monoisotopic (exact) mass is 296 g/mol. The molecular formula is C18H20N2O2. The van der Waals surface area contributed by atoms with Crippen molar-refractivity contribution in [3.63, 3.8) is 0 Å². The molecule has 1 fully saturated rings. The number of primary amides is 1. The molecule has 4 nitrogen and oxygen atoms in total. The first-order chi connectivity index (χ1) is 10.6. The third-order valence-corrected chi connectivity index (χ3v) is 4.12. The van der Waals surface area contributed by atoms with Crippen LogP contribution in [0.4, 0.5) is 0 Å². The Balaban J connectivity index is 1.65.